The van der Waals surface area contributed by atoms with Crippen molar-refractivity contribution in [3.05, 3.63) is 71.8 Å². The Morgan fingerprint density at radius 3 is 2.71 bits per heavy atom. The van der Waals surface area contributed by atoms with Gasteiger partial charge < -0.3 is 20.0 Å². The molecular formula is C20H13ClFN5O. The summed E-state index contributed by atoms with van der Waals surface area (Å²) in [4.78, 5) is 14.9. The molecule has 3 heterocycles. The molecule has 0 unspecified atom stereocenters. The highest BCUT2D eigenvalue weighted by Gasteiger charge is 2.13. The summed E-state index contributed by atoms with van der Waals surface area (Å²) in [6, 6.07) is 15.5. The highest BCUT2D eigenvalue weighted by atomic mass is 35.5. The molecule has 0 spiro atoms. The Balaban J connectivity index is 1.48. The van der Waals surface area contributed by atoms with Crippen LogP contribution in [0.5, 0.6) is 11.5 Å². The molecule has 8 heteroatoms. The molecule has 5 aromatic rings. The predicted octanol–water partition coefficient (Wildman–Crippen LogP) is 5.77. The zero-order valence-corrected chi connectivity index (χ0v) is 15.1. The Morgan fingerprint density at radius 1 is 1.00 bits per heavy atom. The van der Waals surface area contributed by atoms with Crippen LogP contribution in [0.15, 0.2) is 60.8 Å². The number of nitrogens with zero attached hydrogens (tertiary/aromatic N) is 2. The van der Waals surface area contributed by atoms with Gasteiger partial charge in [0.05, 0.1) is 22.2 Å². The van der Waals surface area contributed by atoms with E-state index in [2.05, 4.69) is 25.3 Å². The summed E-state index contributed by atoms with van der Waals surface area (Å²) < 4.78 is 20.0. The number of aromatic amines is 2. The molecule has 0 saturated carbocycles. The van der Waals surface area contributed by atoms with E-state index >= 15 is 0 Å². The minimum Gasteiger partial charge on any atom is -0.454 e. The van der Waals surface area contributed by atoms with Gasteiger partial charge in [-0.2, -0.15) is 0 Å². The van der Waals surface area contributed by atoms with Gasteiger partial charge >= 0.3 is 0 Å². The van der Waals surface area contributed by atoms with Crippen molar-refractivity contribution in [2.45, 2.75) is 0 Å². The van der Waals surface area contributed by atoms with Crippen LogP contribution >= 0.6 is 11.6 Å². The van der Waals surface area contributed by atoms with Crippen LogP contribution in [-0.2, 0) is 0 Å². The number of aromatic nitrogens is 4. The standard InChI is InChI=1S/C20H13ClFN5O/c21-18-7-6-13-19(27-18)16(10-23-13)26-20-24-14-8-12(22)17(9-15(14)25-20)28-11-4-2-1-3-5-11/h1-10,23H,(H2,24,25,26). The Bertz CT molecular complexity index is 1300. The van der Waals surface area contributed by atoms with Crippen LogP contribution < -0.4 is 10.1 Å². The second-order valence-corrected chi connectivity index (χ2v) is 6.55. The fraction of sp³-hybridized carbons (Fsp3) is 0. The van der Waals surface area contributed by atoms with Crippen molar-refractivity contribution in [2.75, 3.05) is 5.32 Å². The molecule has 3 aromatic heterocycles. The Morgan fingerprint density at radius 2 is 1.86 bits per heavy atom. The number of rotatable bonds is 4. The Kier molecular flexibility index (Phi) is 3.87. The van der Waals surface area contributed by atoms with Gasteiger partial charge in [-0.25, -0.2) is 14.4 Å². The lowest BCUT2D eigenvalue weighted by Gasteiger charge is -2.06. The molecule has 0 aliphatic heterocycles. The summed E-state index contributed by atoms with van der Waals surface area (Å²) in [5.74, 6) is 0.634. The van der Waals surface area contributed by atoms with Crippen LogP contribution in [0.4, 0.5) is 16.0 Å². The number of H-pyrrole nitrogens is 2. The molecule has 0 aliphatic carbocycles. The number of nitrogens with one attached hydrogen (secondary N) is 3. The number of halogens is 2. The number of fused-ring (bicyclic) bond motifs is 2. The summed E-state index contributed by atoms with van der Waals surface area (Å²) >= 11 is 5.98. The van der Waals surface area contributed by atoms with Crippen LogP contribution in [0.1, 0.15) is 0 Å². The van der Waals surface area contributed by atoms with Crippen molar-refractivity contribution in [3.8, 4) is 11.5 Å². The van der Waals surface area contributed by atoms with Crippen LogP contribution in [0, 0.1) is 5.82 Å². The molecule has 2 aromatic carbocycles. The lowest BCUT2D eigenvalue weighted by molar-refractivity contribution is 0.443. The minimum atomic E-state index is -0.480. The van der Waals surface area contributed by atoms with Gasteiger partial charge in [0.15, 0.2) is 11.6 Å². The summed E-state index contributed by atoms with van der Waals surface area (Å²) in [6.45, 7) is 0. The molecular weight excluding hydrogens is 381 g/mol. The van der Waals surface area contributed by atoms with Gasteiger partial charge in [0.1, 0.15) is 16.4 Å². The highest BCUT2D eigenvalue weighted by Crippen LogP contribution is 2.30. The monoisotopic (exact) mass is 393 g/mol. The molecule has 0 fully saturated rings. The molecule has 28 heavy (non-hydrogen) atoms. The summed E-state index contributed by atoms with van der Waals surface area (Å²) in [5.41, 5.74) is 3.35. The minimum absolute atomic E-state index is 0.109. The van der Waals surface area contributed by atoms with Crippen LogP contribution in [0.2, 0.25) is 5.15 Å². The number of anilines is 2. The fourth-order valence-corrected chi connectivity index (χ4v) is 3.11. The van der Waals surface area contributed by atoms with Crippen molar-refractivity contribution >= 4 is 45.3 Å². The number of benzene rings is 2. The van der Waals surface area contributed by atoms with E-state index in [0.717, 1.165) is 5.52 Å². The van der Waals surface area contributed by atoms with Crippen molar-refractivity contribution in [1.82, 2.24) is 19.9 Å². The normalized spacial score (nSPS) is 11.2. The highest BCUT2D eigenvalue weighted by molar-refractivity contribution is 6.29. The van der Waals surface area contributed by atoms with E-state index in [-0.39, 0.29) is 5.75 Å². The van der Waals surface area contributed by atoms with E-state index < -0.39 is 5.82 Å². The molecule has 3 N–H and O–H groups in total. The van der Waals surface area contributed by atoms with E-state index in [1.54, 1.807) is 30.5 Å². The molecule has 0 amide bonds. The fourth-order valence-electron chi connectivity index (χ4n) is 2.96. The average molecular weight is 394 g/mol. The molecule has 0 bridgehead atoms. The first-order valence-electron chi connectivity index (χ1n) is 8.48. The van der Waals surface area contributed by atoms with Crippen LogP contribution in [-0.4, -0.2) is 19.9 Å². The Hall–Kier alpha value is -3.58. The largest absolute Gasteiger partial charge is 0.454 e. The average Bonchev–Trinajstić information content (AvgIpc) is 3.26. The molecule has 138 valence electrons. The van der Waals surface area contributed by atoms with Crippen LogP contribution in [0.25, 0.3) is 22.1 Å². The number of pyridine rings is 1. The summed E-state index contributed by atoms with van der Waals surface area (Å²) in [6.07, 6.45) is 1.77. The first-order chi connectivity index (χ1) is 13.7. The second kappa shape index (κ2) is 6.54. The summed E-state index contributed by atoms with van der Waals surface area (Å²) in [7, 11) is 0. The molecule has 0 aliphatic rings. The quantitative estimate of drug-likeness (QED) is 0.339. The lowest BCUT2D eigenvalue weighted by Crippen LogP contribution is -1.91. The van der Waals surface area contributed by atoms with E-state index in [1.807, 2.05) is 24.3 Å². The smallest absolute Gasteiger partial charge is 0.205 e. The Labute approximate surface area is 163 Å². The van der Waals surface area contributed by atoms with E-state index in [4.69, 9.17) is 16.3 Å². The third kappa shape index (κ3) is 3.01. The topological polar surface area (TPSA) is 78.6 Å². The number of hydrogen-bond donors (Lipinski definition) is 3. The molecule has 5 rings (SSSR count). The molecule has 0 atom stereocenters. The SMILES string of the molecule is Fc1cc2[nH]c(Nc3c[nH]c4ccc(Cl)nc34)nc2cc1Oc1ccccc1. The van der Waals surface area contributed by atoms with E-state index in [1.165, 1.54) is 6.07 Å². The van der Waals surface area contributed by atoms with Crippen molar-refractivity contribution in [2.24, 2.45) is 0 Å². The molecule has 0 radical (unpaired) electrons. The van der Waals surface area contributed by atoms with E-state index in [9.17, 15) is 4.39 Å². The third-order valence-corrected chi connectivity index (χ3v) is 4.46. The van der Waals surface area contributed by atoms with Gasteiger partial charge in [-0.15, -0.1) is 0 Å². The number of imidazole rings is 1. The maximum Gasteiger partial charge on any atom is 0.205 e. The maximum atomic E-state index is 14.4. The number of para-hydroxylation sites is 1. The predicted molar refractivity (Wildman–Crippen MR) is 107 cm³/mol. The second-order valence-electron chi connectivity index (χ2n) is 6.16. The van der Waals surface area contributed by atoms with Gasteiger partial charge in [0.2, 0.25) is 5.95 Å². The van der Waals surface area contributed by atoms with Crippen molar-refractivity contribution in [3.63, 3.8) is 0 Å². The van der Waals surface area contributed by atoms with Gasteiger partial charge in [-0.3, -0.25) is 0 Å². The number of ether oxygens (including phenoxy) is 1. The maximum absolute atomic E-state index is 14.4. The lowest BCUT2D eigenvalue weighted by atomic mass is 10.3. The number of hydrogen-bond acceptors (Lipinski definition) is 4. The van der Waals surface area contributed by atoms with Gasteiger partial charge in [-0.05, 0) is 24.3 Å². The van der Waals surface area contributed by atoms with Crippen molar-refractivity contribution < 1.29 is 9.13 Å². The van der Waals surface area contributed by atoms with Gasteiger partial charge in [0.25, 0.3) is 0 Å². The van der Waals surface area contributed by atoms with Gasteiger partial charge in [0, 0.05) is 18.3 Å². The van der Waals surface area contributed by atoms with Crippen molar-refractivity contribution in [1.29, 1.82) is 0 Å². The molecule has 0 saturated heterocycles. The zero-order chi connectivity index (χ0) is 19.1. The summed E-state index contributed by atoms with van der Waals surface area (Å²) in [5, 5.41) is 3.54. The first-order valence-corrected chi connectivity index (χ1v) is 8.86. The van der Waals surface area contributed by atoms with Gasteiger partial charge in [-0.1, -0.05) is 29.8 Å². The van der Waals surface area contributed by atoms with Crippen LogP contribution in [0.3, 0.4) is 0 Å². The first kappa shape index (κ1) is 16.6. The molecule has 6 nitrogen and oxygen atoms in total. The zero-order valence-electron chi connectivity index (χ0n) is 14.3. The third-order valence-electron chi connectivity index (χ3n) is 4.25. The van der Waals surface area contributed by atoms with E-state index in [0.29, 0.717) is 39.1 Å².